The number of thioether (sulfide) groups is 1. The first-order valence-electron chi connectivity index (χ1n) is 8.66. The monoisotopic (exact) mass is 382 g/mol. The maximum atomic E-state index is 12.2. The molecule has 1 N–H and O–H groups in total. The van der Waals surface area contributed by atoms with Crippen molar-refractivity contribution in [2.75, 3.05) is 19.5 Å². The Labute approximate surface area is 163 Å². The number of hydrogen-bond acceptors (Lipinski definition) is 5. The highest BCUT2D eigenvalue weighted by atomic mass is 32.2. The van der Waals surface area contributed by atoms with Gasteiger partial charge in [0.25, 0.3) is 0 Å². The molecule has 1 heterocycles. The Hall–Kier alpha value is -2.64. The van der Waals surface area contributed by atoms with Crippen molar-refractivity contribution in [2.24, 2.45) is 0 Å². The van der Waals surface area contributed by atoms with Gasteiger partial charge in [0, 0.05) is 24.4 Å². The second-order valence-corrected chi connectivity index (χ2v) is 7.00. The first-order valence-corrected chi connectivity index (χ1v) is 9.65. The van der Waals surface area contributed by atoms with E-state index in [0.29, 0.717) is 11.8 Å². The van der Waals surface area contributed by atoms with Crippen LogP contribution in [0.4, 0.5) is 0 Å². The van der Waals surface area contributed by atoms with Gasteiger partial charge < -0.3 is 10.1 Å². The van der Waals surface area contributed by atoms with Crippen molar-refractivity contribution < 1.29 is 9.53 Å². The molecule has 0 bridgehead atoms. The van der Waals surface area contributed by atoms with Gasteiger partial charge in [0.2, 0.25) is 5.91 Å². The van der Waals surface area contributed by atoms with Gasteiger partial charge in [-0.2, -0.15) is 0 Å². The summed E-state index contributed by atoms with van der Waals surface area (Å²) in [5, 5.41) is 12.3. The molecule has 6 nitrogen and oxygen atoms in total. The van der Waals surface area contributed by atoms with Crippen LogP contribution in [0.2, 0.25) is 0 Å². The number of rotatable bonds is 8. The summed E-state index contributed by atoms with van der Waals surface area (Å²) < 4.78 is 7.03. The third kappa shape index (κ3) is 4.96. The number of hydrogen-bond donors (Lipinski definition) is 1. The fraction of sp³-hybridized carbons (Fsp3) is 0.250. The van der Waals surface area contributed by atoms with Crippen molar-refractivity contribution in [3.63, 3.8) is 0 Å². The second kappa shape index (κ2) is 9.34. The van der Waals surface area contributed by atoms with Gasteiger partial charge in [0.1, 0.15) is 0 Å². The maximum absolute atomic E-state index is 12.2. The van der Waals surface area contributed by atoms with Crippen LogP contribution in [-0.2, 0) is 9.53 Å². The summed E-state index contributed by atoms with van der Waals surface area (Å²) in [5.41, 5.74) is 1.93. The number of nitrogens with zero attached hydrogens (tertiary/aromatic N) is 3. The lowest BCUT2D eigenvalue weighted by molar-refractivity contribution is -0.119. The van der Waals surface area contributed by atoms with E-state index in [4.69, 9.17) is 4.74 Å². The molecule has 0 saturated heterocycles. The maximum Gasteiger partial charge on any atom is 0.230 e. The zero-order chi connectivity index (χ0) is 19.1. The zero-order valence-electron chi connectivity index (χ0n) is 15.3. The van der Waals surface area contributed by atoms with Crippen LogP contribution in [0.1, 0.15) is 6.92 Å². The van der Waals surface area contributed by atoms with Gasteiger partial charge in [0.15, 0.2) is 11.0 Å². The number of carbonyl (C=O) groups is 1. The van der Waals surface area contributed by atoms with Crippen LogP contribution < -0.4 is 5.32 Å². The van der Waals surface area contributed by atoms with E-state index in [2.05, 4.69) is 15.5 Å². The Morgan fingerprint density at radius 2 is 1.78 bits per heavy atom. The molecule has 0 spiro atoms. The number of ether oxygens (including phenoxy) is 1. The van der Waals surface area contributed by atoms with Gasteiger partial charge in [-0.1, -0.05) is 60.3 Å². The smallest absolute Gasteiger partial charge is 0.230 e. The van der Waals surface area contributed by atoms with E-state index in [1.807, 2.05) is 72.2 Å². The van der Waals surface area contributed by atoms with E-state index < -0.39 is 0 Å². The quantitative estimate of drug-likeness (QED) is 0.606. The fourth-order valence-corrected chi connectivity index (χ4v) is 3.45. The van der Waals surface area contributed by atoms with Crippen molar-refractivity contribution in [1.82, 2.24) is 20.1 Å². The zero-order valence-corrected chi connectivity index (χ0v) is 16.1. The fourth-order valence-electron chi connectivity index (χ4n) is 2.69. The predicted molar refractivity (Wildman–Crippen MR) is 107 cm³/mol. The van der Waals surface area contributed by atoms with Gasteiger partial charge in [-0.25, -0.2) is 0 Å². The van der Waals surface area contributed by atoms with Crippen LogP contribution in [0.15, 0.2) is 65.8 Å². The largest absolute Gasteiger partial charge is 0.383 e. The lowest BCUT2D eigenvalue weighted by atomic mass is 10.2. The summed E-state index contributed by atoms with van der Waals surface area (Å²) in [4.78, 5) is 12.2. The number of aromatic nitrogens is 3. The molecule has 0 unspecified atom stereocenters. The van der Waals surface area contributed by atoms with E-state index in [9.17, 15) is 4.79 Å². The minimum Gasteiger partial charge on any atom is -0.383 e. The summed E-state index contributed by atoms with van der Waals surface area (Å²) in [6, 6.07) is 19.8. The Morgan fingerprint density at radius 1 is 1.11 bits per heavy atom. The summed E-state index contributed by atoms with van der Waals surface area (Å²) in [7, 11) is 1.62. The molecule has 3 aromatic rings. The van der Waals surface area contributed by atoms with Crippen molar-refractivity contribution in [3.8, 4) is 17.1 Å². The molecule has 0 aliphatic carbocycles. The first kappa shape index (κ1) is 19.1. The number of para-hydroxylation sites is 1. The number of nitrogens with one attached hydrogen (secondary N) is 1. The number of amides is 1. The predicted octanol–water partition coefficient (Wildman–Crippen LogP) is 3.18. The molecule has 3 rings (SSSR count). The number of carbonyl (C=O) groups excluding carboxylic acids is 1. The Bertz CT molecular complexity index is 868. The van der Waals surface area contributed by atoms with Crippen LogP contribution >= 0.6 is 11.8 Å². The first-order chi connectivity index (χ1) is 13.2. The third-order valence-corrected chi connectivity index (χ3v) is 4.77. The van der Waals surface area contributed by atoms with Crippen molar-refractivity contribution in [1.29, 1.82) is 0 Å². The Morgan fingerprint density at radius 3 is 2.44 bits per heavy atom. The topological polar surface area (TPSA) is 69.0 Å². The van der Waals surface area contributed by atoms with Crippen molar-refractivity contribution in [3.05, 3.63) is 60.7 Å². The van der Waals surface area contributed by atoms with Gasteiger partial charge in [0.05, 0.1) is 12.4 Å². The molecule has 1 atom stereocenters. The molecule has 0 saturated carbocycles. The van der Waals surface area contributed by atoms with Crippen molar-refractivity contribution in [2.45, 2.75) is 18.1 Å². The van der Waals surface area contributed by atoms with Gasteiger partial charge >= 0.3 is 0 Å². The van der Waals surface area contributed by atoms with E-state index in [1.54, 1.807) is 7.11 Å². The summed E-state index contributed by atoms with van der Waals surface area (Å²) in [6.45, 7) is 2.39. The molecule has 0 radical (unpaired) electrons. The molecule has 2 aromatic carbocycles. The highest BCUT2D eigenvalue weighted by Gasteiger charge is 2.17. The standard InChI is InChI=1S/C20H22N4O2S/c1-15(13-26-2)21-18(25)14-27-20-23-22-19(16-9-5-3-6-10-16)24(20)17-11-7-4-8-12-17/h3-12,15H,13-14H2,1-2H3,(H,21,25)/t15-/m0/s1. The molecular formula is C20H22N4O2S. The van der Waals surface area contributed by atoms with Crippen LogP contribution in [-0.4, -0.2) is 46.2 Å². The molecule has 1 aromatic heterocycles. The summed E-state index contributed by atoms with van der Waals surface area (Å²) in [6.07, 6.45) is 0. The molecule has 7 heteroatoms. The molecule has 1 amide bonds. The molecule has 140 valence electrons. The van der Waals surface area contributed by atoms with E-state index in [-0.39, 0.29) is 17.7 Å². The lowest BCUT2D eigenvalue weighted by Gasteiger charge is -2.13. The summed E-state index contributed by atoms with van der Waals surface area (Å²) >= 11 is 1.36. The number of methoxy groups -OCH3 is 1. The second-order valence-electron chi connectivity index (χ2n) is 6.06. The minimum absolute atomic E-state index is 0.0324. The molecule has 0 aliphatic heterocycles. The van der Waals surface area contributed by atoms with E-state index >= 15 is 0 Å². The van der Waals surface area contributed by atoms with Crippen LogP contribution in [0, 0.1) is 0 Å². The van der Waals surface area contributed by atoms with Crippen LogP contribution in [0.25, 0.3) is 17.1 Å². The minimum atomic E-state index is -0.0616. The van der Waals surface area contributed by atoms with Crippen LogP contribution in [0.3, 0.4) is 0 Å². The highest BCUT2D eigenvalue weighted by molar-refractivity contribution is 7.99. The molecule has 0 fully saturated rings. The third-order valence-electron chi connectivity index (χ3n) is 3.84. The van der Waals surface area contributed by atoms with Gasteiger partial charge in [-0.05, 0) is 19.1 Å². The summed E-state index contributed by atoms with van der Waals surface area (Å²) in [5.74, 6) is 0.944. The van der Waals surface area contributed by atoms with Crippen molar-refractivity contribution >= 4 is 17.7 Å². The number of benzene rings is 2. The molecular weight excluding hydrogens is 360 g/mol. The Kier molecular flexibility index (Phi) is 6.62. The average Bonchev–Trinajstić information content (AvgIpc) is 3.12. The van der Waals surface area contributed by atoms with Gasteiger partial charge in [-0.15, -0.1) is 10.2 Å². The van der Waals surface area contributed by atoms with E-state index in [1.165, 1.54) is 11.8 Å². The average molecular weight is 382 g/mol. The lowest BCUT2D eigenvalue weighted by Crippen LogP contribution is -2.36. The Balaban J connectivity index is 1.83. The van der Waals surface area contributed by atoms with Crippen LogP contribution in [0.5, 0.6) is 0 Å². The molecule has 0 aliphatic rings. The van der Waals surface area contributed by atoms with E-state index in [0.717, 1.165) is 17.1 Å². The molecule has 27 heavy (non-hydrogen) atoms. The van der Waals surface area contributed by atoms with Gasteiger partial charge in [-0.3, -0.25) is 9.36 Å². The highest BCUT2D eigenvalue weighted by Crippen LogP contribution is 2.27. The normalized spacial score (nSPS) is 11.9. The SMILES string of the molecule is COC[C@H](C)NC(=O)CSc1nnc(-c2ccccc2)n1-c1ccccc1.